The molecular weight excluding hydrogens is 331 g/mol. The molecule has 2 aromatic carbocycles. The lowest BCUT2D eigenvalue weighted by Crippen LogP contribution is -2.18. The quantitative estimate of drug-likeness (QED) is 0.739. The first-order chi connectivity index (χ1) is 11.8. The summed E-state index contributed by atoms with van der Waals surface area (Å²) in [7, 11) is 1.66. The number of halogens is 3. The molecule has 2 rings (SSSR count). The summed E-state index contributed by atoms with van der Waals surface area (Å²) in [6.07, 6.45) is -1.17. The number of likely N-dealkylation sites (N-methyl/N-ethyl adjacent to an activating group) is 1. The van der Waals surface area contributed by atoms with Crippen LogP contribution in [-0.4, -0.2) is 28.7 Å². The molecule has 0 saturated heterocycles. The molecule has 0 saturated carbocycles. The predicted octanol–water partition coefficient (Wildman–Crippen LogP) is 5.09. The van der Waals surface area contributed by atoms with E-state index in [1.807, 2.05) is 6.07 Å². The minimum absolute atomic E-state index is 0.231. The van der Waals surface area contributed by atoms with E-state index in [4.69, 9.17) is 0 Å². The van der Waals surface area contributed by atoms with Gasteiger partial charge in [0.1, 0.15) is 5.70 Å². The van der Waals surface area contributed by atoms with Gasteiger partial charge in [-0.05, 0) is 17.7 Å². The predicted molar refractivity (Wildman–Crippen MR) is 91.7 cm³/mol. The van der Waals surface area contributed by atoms with Gasteiger partial charge in [-0.15, -0.1) is 0 Å². The van der Waals surface area contributed by atoms with Gasteiger partial charge in [0.05, 0.1) is 5.56 Å². The molecule has 0 amide bonds. The van der Waals surface area contributed by atoms with Gasteiger partial charge in [-0.25, -0.2) is 0 Å². The minimum atomic E-state index is -4.38. The first kappa shape index (κ1) is 18.4. The van der Waals surface area contributed by atoms with Crippen molar-refractivity contribution in [1.82, 2.24) is 4.90 Å². The number of benzene rings is 2. The van der Waals surface area contributed by atoms with Gasteiger partial charge in [0.25, 0.3) is 5.95 Å². The summed E-state index contributed by atoms with van der Waals surface area (Å²) in [4.78, 5) is 1.59. The summed E-state index contributed by atoms with van der Waals surface area (Å²) in [6.45, 7) is 0.283. The number of nitrogens with zero attached hydrogens (tertiary/aromatic N) is 1. The number of hydrogen-bond acceptors (Lipinski definition) is 3. The monoisotopic (exact) mass is 349 g/mol. The van der Waals surface area contributed by atoms with Crippen molar-refractivity contribution < 1.29 is 23.4 Å². The first-order valence-corrected chi connectivity index (χ1v) is 7.51. The topological polar surface area (TPSA) is 43.7 Å². The fourth-order valence-electron chi connectivity index (χ4n) is 2.37. The molecule has 0 aliphatic rings. The molecule has 0 aliphatic carbocycles. The highest BCUT2D eigenvalue weighted by Crippen LogP contribution is 2.29. The average molecular weight is 349 g/mol. The van der Waals surface area contributed by atoms with Gasteiger partial charge in [-0.1, -0.05) is 54.6 Å². The van der Waals surface area contributed by atoms with E-state index >= 15 is 0 Å². The fourth-order valence-corrected chi connectivity index (χ4v) is 2.37. The van der Waals surface area contributed by atoms with Crippen LogP contribution in [0, 0.1) is 0 Å². The maximum absolute atomic E-state index is 12.7. The van der Waals surface area contributed by atoms with Gasteiger partial charge in [-0.3, -0.25) is 0 Å². The normalized spacial score (nSPS) is 11.5. The zero-order valence-electron chi connectivity index (χ0n) is 13.5. The molecule has 0 aliphatic heterocycles. The maximum atomic E-state index is 12.7. The molecule has 0 fully saturated rings. The Kier molecular flexibility index (Phi) is 5.75. The maximum Gasteiger partial charge on any atom is 0.416 e. The summed E-state index contributed by atoms with van der Waals surface area (Å²) < 4.78 is 38.1. The van der Waals surface area contributed by atoms with Crippen molar-refractivity contribution in [2.24, 2.45) is 0 Å². The molecule has 0 spiro atoms. The van der Waals surface area contributed by atoms with Crippen LogP contribution in [0.2, 0.25) is 0 Å². The van der Waals surface area contributed by atoms with E-state index in [9.17, 15) is 23.4 Å². The molecule has 0 bridgehead atoms. The van der Waals surface area contributed by atoms with Crippen LogP contribution >= 0.6 is 0 Å². The lowest BCUT2D eigenvalue weighted by molar-refractivity contribution is -0.137. The fraction of sp³-hybridized carbons (Fsp3) is 0.158. The smallest absolute Gasteiger partial charge is 0.416 e. The molecule has 0 aromatic heterocycles. The second-order valence-electron chi connectivity index (χ2n) is 5.44. The van der Waals surface area contributed by atoms with Crippen molar-refractivity contribution in [3.05, 3.63) is 83.3 Å². The third-order valence-electron chi connectivity index (χ3n) is 3.54. The van der Waals surface area contributed by atoms with Crippen molar-refractivity contribution >= 4 is 11.8 Å². The lowest BCUT2D eigenvalue weighted by atomic mass is 10.1. The van der Waals surface area contributed by atoms with Crippen LogP contribution in [0.15, 0.2) is 66.6 Å². The molecule has 6 heteroatoms. The molecule has 0 atom stereocenters. The average Bonchev–Trinajstić information content (AvgIpc) is 2.55. The van der Waals surface area contributed by atoms with E-state index < -0.39 is 17.7 Å². The summed E-state index contributed by atoms with van der Waals surface area (Å²) in [5.41, 5.74) is 0.564. The molecule has 3 nitrogen and oxygen atoms in total. The van der Waals surface area contributed by atoms with Crippen LogP contribution in [-0.2, 0) is 6.18 Å². The van der Waals surface area contributed by atoms with E-state index in [1.54, 1.807) is 54.4 Å². The van der Waals surface area contributed by atoms with Gasteiger partial charge in [0.2, 0.25) is 0 Å². The number of aliphatic hydroxyl groups is 2. The minimum Gasteiger partial charge on any atom is -0.480 e. The molecule has 2 N–H and O–H groups in total. The van der Waals surface area contributed by atoms with Gasteiger partial charge < -0.3 is 15.1 Å². The van der Waals surface area contributed by atoms with Crippen molar-refractivity contribution in [3.8, 4) is 0 Å². The molecular formula is C19H18F3NO2. The second kappa shape index (κ2) is 7.79. The van der Waals surface area contributed by atoms with Crippen LogP contribution in [0.5, 0.6) is 0 Å². The Hall–Kier alpha value is -2.89. The summed E-state index contributed by atoms with van der Waals surface area (Å²) in [5.74, 6) is -0.818. The van der Waals surface area contributed by atoms with E-state index in [2.05, 4.69) is 0 Å². The lowest BCUT2D eigenvalue weighted by Gasteiger charge is -2.20. The number of alkyl halides is 3. The van der Waals surface area contributed by atoms with Crippen molar-refractivity contribution in [2.75, 3.05) is 13.6 Å². The Labute approximate surface area is 144 Å². The van der Waals surface area contributed by atoms with Crippen LogP contribution in [0.1, 0.15) is 16.7 Å². The van der Waals surface area contributed by atoms with E-state index in [-0.39, 0.29) is 12.2 Å². The largest absolute Gasteiger partial charge is 0.480 e. The molecule has 0 heterocycles. The Morgan fingerprint density at radius 1 is 1.04 bits per heavy atom. The number of rotatable bonds is 5. The number of aliphatic hydroxyl groups excluding tert-OH is 1. The standard InChI is InChI=1S/C19H18F3NO2/c1-23(17(18(24)25)15-9-3-2-4-10-15)12-6-8-14-7-5-11-16(13-14)19(20,21)22/h2-11,13,24-25H,12H2,1H3/b8-6+. The molecule has 0 unspecified atom stereocenters. The van der Waals surface area contributed by atoms with Crippen molar-refractivity contribution in [1.29, 1.82) is 0 Å². The van der Waals surface area contributed by atoms with Crippen molar-refractivity contribution in [2.45, 2.75) is 6.18 Å². The van der Waals surface area contributed by atoms with Gasteiger partial charge in [0.15, 0.2) is 0 Å². The molecule has 132 valence electrons. The third kappa shape index (κ3) is 5.04. The molecule has 0 radical (unpaired) electrons. The van der Waals surface area contributed by atoms with Crippen molar-refractivity contribution in [3.63, 3.8) is 0 Å². The van der Waals surface area contributed by atoms with Gasteiger partial charge >= 0.3 is 6.18 Å². The van der Waals surface area contributed by atoms with Crippen LogP contribution in [0.3, 0.4) is 0 Å². The van der Waals surface area contributed by atoms with Crippen LogP contribution in [0.4, 0.5) is 13.2 Å². The van der Waals surface area contributed by atoms with Gasteiger partial charge in [-0.2, -0.15) is 13.2 Å². The summed E-state index contributed by atoms with van der Waals surface area (Å²) in [5, 5.41) is 19.0. The SMILES string of the molecule is CN(C/C=C/c1cccc(C(F)(F)F)c1)C(=C(O)O)c1ccccc1. The Morgan fingerprint density at radius 2 is 1.72 bits per heavy atom. The first-order valence-electron chi connectivity index (χ1n) is 7.51. The zero-order valence-corrected chi connectivity index (χ0v) is 13.5. The van der Waals surface area contributed by atoms with E-state index in [0.717, 1.165) is 12.1 Å². The van der Waals surface area contributed by atoms with E-state index in [1.165, 1.54) is 6.07 Å². The summed E-state index contributed by atoms with van der Waals surface area (Å²) >= 11 is 0. The van der Waals surface area contributed by atoms with E-state index in [0.29, 0.717) is 11.1 Å². The second-order valence-corrected chi connectivity index (χ2v) is 5.44. The van der Waals surface area contributed by atoms with Crippen LogP contribution < -0.4 is 0 Å². The highest BCUT2D eigenvalue weighted by atomic mass is 19.4. The highest BCUT2D eigenvalue weighted by molar-refractivity contribution is 5.64. The third-order valence-corrected chi connectivity index (χ3v) is 3.54. The summed E-state index contributed by atoms with van der Waals surface area (Å²) in [6, 6.07) is 13.8. The Balaban J connectivity index is 2.12. The molecule has 25 heavy (non-hydrogen) atoms. The Morgan fingerprint density at radius 3 is 2.32 bits per heavy atom. The molecule has 2 aromatic rings. The zero-order chi connectivity index (χ0) is 18.4. The number of hydrogen-bond donors (Lipinski definition) is 2. The van der Waals surface area contributed by atoms with Crippen LogP contribution in [0.25, 0.3) is 11.8 Å². The van der Waals surface area contributed by atoms with Gasteiger partial charge in [0, 0.05) is 19.2 Å². The Bertz CT molecular complexity index is 764. The highest BCUT2D eigenvalue weighted by Gasteiger charge is 2.30.